The first kappa shape index (κ1) is 18.9. The molecule has 3 aromatic carbocycles. The van der Waals surface area contributed by atoms with Crippen LogP contribution >= 0.6 is 0 Å². The van der Waals surface area contributed by atoms with Crippen molar-refractivity contribution in [3.63, 3.8) is 0 Å². The number of rotatable bonds is 4. The lowest BCUT2D eigenvalue weighted by Gasteiger charge is -2.25. The van der Waals surface area contributed by atoms with Crippen LogP contribution in [0.5, 0.6) is 0 Å². The molecule has 0 bridgehead atoms. The zero-order chi connectivity index (χ0) is 19.6. The van der Waals surface area contributed by atoms with Crippen LogP contribution in [0.15, 0.2) is 77.7 Å². The van der Waals surface area contributed by atoms with Crippen LogP contribution < -0.4 is 4.31 Å². The van der Waals surface area contributed by atoms with Gasteiger partial charge in [-0.2, -0.15) is 4.31 Å². The number of nitrogens with zero attached hydrogens (tertiary/aromatic N) is 1. The summed E-state index contributed by atoms with van der Waals surface area (Å²) in [5.41, 5.74) is 3.25. The maximum Gasteiger partial charge on any atom is 0.272 e. The number of hydrogen-bond donors (Lipinski definition) is 0. The Balaban J connectivity index is 2.24. The molecule has 0 saturated carbocycles. The van der Waals surface area contributed by atoms with Crippen LogP contribution in [0.4, 0.5) is 5.69 Å². The van der Waals surface area contributed by atoms with E-state index in [1.54, 1.807) is 48.5 Å². The van der Waals surface area contributed by atoms with Crippen molar-refractivity contribution in [3.8, 4) is 0 Å². The number of benzene rings is 3. The van der Waals surface area contributed by atoms with Crippen molar-refractivity contribution in [1.29, 1.82) is 0 Å². The molecule has 0 spiro atoms. The number of aryl methyl sites for hydroxylation is 2. The van der Waals surface area contributed by atoms with Gasteiger partial charge in [-0.15, -0.1) is 0 Å². The minimum atomic E-state index is -4.07. The second kappa shape index (κ2) is 7.37. The van der Waals surface area contributed by atoms with Crippen molar-refractivity contribution < 1.29 is 13.2 Å². The molecule has 0 unspecified atom stereocenters. The molecule has 4 nitrogen and oxygen atoms in total. The number of carbonyl (C=O) groups is 1. The largest absolute Gasteiger partial charge is 0.272 e. The van der Waals surface area contributed by atoms with Gasteiger partial charge in [-0.05, 0) is 62.2 Å². The van der Waals surface area contributed by atoms with Gasteiger partial charge in [0.1, 0.15) is 0 Å². The number of carbonyl (C=O) groups excluding carboxylic acids is 1. The highest BCUT2D eigenvalue weighted by Gasteiger charge is 2.33. The van der Waals surface area contributed by atoms with Gasteiger partial charge >= 0.3 is 0 Å². The summed E-state index contributed by atoms with van der Waals surface area (Å²) in [6.45, 7) is 5.58. The zero-order valence-electron chi connectivity index (χ0n) is 15.5. The Bertz CT molecular complexity index is 1090. The molecule has 27 heavy (non-hydrogen) atoms. The average Bonchev–Trinajstić information content (AvgIpc) is 2.66. The number of sulfonamides is 1. The summed E-state index contributed by atoms with van der Waals surface area (Å²) in [4.78, 5) is 13.4. The van der Waals surface area contributed by atoms with E-state index in [-0.39, 0.29) is 4.90 Å². The summed E-state index contributed by atoms with van der Waals surface area (Å²) < 4.78 is 27.7. The van der Waals surface area contributed by atoms with E-state index in [1.165, 1.54) is 12.1 Å². The van der Waals surface area contributed by atoms with E-state index in [1.807, 2.05) is 32.9 Å². The highest BCUT2D eigenvalue weighted by Crippen LogP contribution is 2.30. The Hall–Kier alpha value is -2.92. The molecule has 0 aromatic heterocycles. The Morgan fingerprint density at radius 3 is 2.15 bits per heavy atom. The van der Waals surface area contributed by atoms with E-state index in [4.69, 9.17) is 0 Å². The second-order valence-electron chi connectivity index (χ2n) is 6.48. The van der Waals surface area contributed by atoms with Gasteiger partial charge in [-0.25, -0.2) is 8.42 Å². The SMILES string of the molecule is Cc1cccc(C(=O)N(c2cccc(C)c2C)S(=O)(=O)c2ccccc2)c1. The number of amides is 1. The lowest BCUT2D eigenvalue weighted by molar-refractivity contribution is 0.100. The van der Waals surface area contributed by atoms with Crippen molar-refractivity contribution in [2.75, 3.05) is 4.31 Å². The lowest BCUT2D eigenvalue weighted by atomic mass is 10.1. The quantitative estimate of drug-likeness (QED) is 0.663. The minimum Gasteiger partial charge on any atom is -0.268 e. The molecule has 0 heterocycles. The van der Waals surface area contributed by atoms with E-state index < -0.39 is 15.9 Å². The molecule has 0 atom stereocenters. The third kappa shape index (κ3) is 3.64. The maximum atomic E-state index is 13.4. The summed E-state index contributed by atoms with van der Waals surface area (Å²) in [6, 6.07) is 20.3. The first-order chi connectivity index (χ1) is 12.8. The van der Waals surface area contributed by atoms with Crippen LogP contribution in [0.2, 0.25) is 0 Å². The van der Waals surface area contributed by atoms with E-state index >= 15 is 0 Å². The maximum absolute atomic E-state index is 13.4. The van der Waals surface area contributed by atoms with E-state index in [9.17, 15) is 13.2 Å². The van der Waals surface area contributed by atoms with Gasteiger partial charge < -0.3 is 0 Å². The van der Waals surface area contributed by atoms with E-state index in [0.717, 1.165) is 21.0 Å². The van der Waals surface area contributed by atoms with Gasteiger partial charge in [0.25, 0.3) is 15.9 Å². The van der Waals surface area contributed by atoms with Crippen LogP contribution in [-0.2, 0) is 10.0 Å². The molecule has 3 aromatic rings. The third-order valence-electron chi connectivity index (χ3n) is 4.53. The number of hydrogen-bond acceptors (Lipinski definition) is 3. The summed E-state index contributed by atoms with van der Waals surface area (Å²) >= 11 is 0. The monoisotopic (exact) mass is 379 g/mol. The highest BCUT2D eigenvalue weighted by molar-refractivity contribution is 7.93. The van der Waals surface area contributed by atoms with Crippen molar-refractivity contribution in [1.82, 2.24) is 0 Å². The Kier molecular flexibility index (Phi) is 5.15. The Labute approximate surface area is 160 Å². The Morgan fingerprint density at radius 1 is 0.815 bits per heavy atom. The van der Waals surface area contributed by atoms with Gasteiger partial charge in [-0.1, -0.05) is 48.0 Å². The molecule has 0 aliphatic carbocycles. The van der Waals surface area contributed by atoms with Gasteiger partial charge in [0, 0.05) is 5.56 Å². The molecule has 0 aliphatic heterocycles. The van der Waals surface area contributed by atoms with Crippen molar-refractivity contribution in [2.45, 2.75) is 25.7 Å². The standard InChI is InChI=1S/C22H21NO3S/c1-16-9-7-11-19(15-16)22(24)23(21-14-8-10-17(2)18(21)3)27(25,26)20-12-5-4-6-13-20/h4-15H,1-3H3. The third-order valence-corrected chi connectivity index (χ3v) is 6.24. The molecule has 0 fully saturated rings. The first-order valence-corrected chi connectivity index (χ1v) is 10.0. The lowest BCUT2D eigenvalue weighted by Crippen LogP contribution is -2.37. The summed E-state index contributed by atoms with van der Waals surface area (Å²) in [5.74, 6) is -0.573. The normalized spacial score (nSPS) is 11.2. The summed E-state index contributed by atoms with van der Waals surface area (Å²) in [6.07, 6.45) is 0. The van der Waals surface area contributed by atoms with Crippen LogP contribution in [0.25, 0.3) is 0 Å². The zero-order valence-corrected chi connectivity index (χ0v) is 16.3. The molecule has 0 radical (unpaired) electrons. The summed E-state index contributed by atoms with van der Waals surface area (Å²) in [7, 11) is -4.07. The van der Waals surface area contributed by atoms with Gasteiger partial charge in [0.2, 0.25) is 0 Å². The first-order valence-electron chi connectivity index (χ1n) is 8.60. The molecular weight excluding hydrogens is 358 g/mol. The van der Waals surface area contributed by atoms with Crippen LogP contribution in [-0.4, -0.2) is 14.3 Å². The molecule has 0 N–H and O–H groups in total. The highest BCUT2D eigenvalue weighted by atomic mass is 32.2. The fourth-order valence-corrected chi connectivity index (χ4v) is 4.39. The number of anilines is 1. The predicted molar refractivity (Wildman–Crippen MR) is 108 cm³/mol. The van der Waals surface area contributed by atoms with Crippen LogP contribution in [0.3, 0.4) is 0 Å². The molecular formula is C22H21NO3S. The van der Waals surface area contributed by atoms with E-state index in [2.05, 4.69) is 0 Å². The van der Waals surface area contributed by atoms with Gasteiger partial charge in [0.05, 0.1) is 10.6 Å². The van der Waals surface area contributed by atoms with E-state index in [0.29, 0.717) is 11.3 Å². The fourth-order valence-electron chi connectivity index (χ4n) is 2.90. The molecule has 0 aliphatic rings. The molecule has 5 heteroatoms. The second-order valence-corrected chi connectivity index (χ2v) is 8.26. The van der Waals surface area contributed by atoms with Gasteiger partial charge in [-0.3, -0.25) is 4.79 Å². The van der Waals surface area contributed by atoms with Crippen molar-refractivity contribution >= 4 is 21.6 Å². The summed E-state index contributed by atoms with van der Waals surface area (Å²) in [5, 5.41) is 0. The molecule has 0 saturated heterocycles. The van der Waals surface area contributed by atoms with Crippen molar-refractivity contribution in [3.05, 3.63) is 95.1 Å². The smallest absolute Gasteiger partial charge is 0.268 e. The predicted octanol–water partition coefficient (Wildman–Crippen LogP) is 4.65. The van der Waals surface area contributed by atoms with Gasteiger partial charge in [0.15, 0.2) is 0 Å². The topological polar surface area (TPSA) is 54.5 Å². The Morgan fingerprint density at radius 2 is 1.48 bits per heavy atom. The van der Waals surface area contributed by atoms with Crippen LogP contribution in [0, 0.1) is 20.8 Å². The molecule has 1 amide bonds. The minimum absolute atomic E-state index is 0.0758. The molecule has 138 valence electrons. The molecule has 3 rings (SSSR count). The van der Waals surface area contributed by atoms with Crippen LogP contribution in [0.1, 0.15) is 27.0 Å². The van der Waals surface area contributed by atoms with Crippen molar-refractivity contribution in [2.24, 2.45) is 0 Å². The fraction of sp³-hybridized carbons (Fsp3) is 0.136. The average molecular weight is 379 g/mol.